The molecule has 0 radical (unpaired) electrons. The predicted octanol–water partition coefficient (Wildman–Crippen LogP) is 3.08. The average Bonchev–Trinajstić information content (AvgIpc) is 2.66. The van der Waals surface area contributed by atoms with E-state index in [0.717, 1.165) is 4.90 Å². The van der Waals surface area contributed by atoms with Gasteiger partial charge in [-0.15, -0.1) is 0 Å². The predicted molar refractivity (Wildman–Crippen MR) is 104 cm³/mol. The Morgan fingerprint density at radius 3 is 2.39 bits per heavy atom. The van der Waals surface area contributed by atoms with Crippen molar-refractivity contribution in [3.8, 4) is 5.75 Å². The molecule has 0 atom stereocenters. The van der Waals surface area contributed by atoms with E-state index in [1.165, 1.54) is 18.2 Å². The van der Waals surface area contributed by atoms with Gasteiger partial charge in [-0.3, -0.25) is 19.7 Å². The molecule has 1 aliphatic heterocycles. The number of nitro benzene ring substituents is 1. The van der Waals surface area contributed by atoms with E-state index in [0.29, 0.717) is 23.5 Å². The van der Waals surface area contributed by atoms with Gasteiger partial charge < -0.3 is 9.64 Å². The second-order valence-electron chi connectivity index (χ2n) is 6.34. The summed E-state index contributed by atoms with van der Waals surface area (Å²) in [7, 11) is 3.51. The third kappa shape index (κ3) is 3.32. The van der Waals surface area contributed by atoms with Crippen LogP contribution >= 0.6 is 0 Å². The van der Waals surface area contributed by atoms with Crippen molar-refractivity contribution in [2.45, 2.75) is 6.92 Å². The minimum absolute atomic E-state index is 0.0948. The molecular formula is C20H19N3O5. The Kier molecular flexibility index (Phi) is 5.12. The summed E-state index contributed by atoms with van der Waals surface area (Å²) >= 11 is 0. The highest BCUT2D eigenvalue weighted by molar-refractivity contribution is 6.41. The van der Waals surface area contributed by atoms with Crippen molar-refractivity contribution < 1.29 is 19.2 Å². The minimum Gasteiger partial charge on any atom is -0.494 e. The van der Waals surface area contributed by atoms with Crippen molar-refractivity contribution >= 4 is 28.8 Å². The maximum Gasteiger partial charge on any atom is 0.297 e. The summed E-state index contributed by atoms with van der Waals surface area (Å²) in [5.41, 5.74) is 0.608. The van der Waals surface area contributed by atoms with Crippen molar-refractivity contribution in [1.82, 2.24) is 4.90 Å². The molecule has 2 amide bonds. The van der Waals surface area contributed by atoms with Crippen LogP contribution < -0.4 is 9.64 Å². The quantitative estimate of drug-likeness (QED) is 0.342. The van der Waals surface area contributed by atoms with Crippen LogP contribution in [0.4, 0.5) is 11.4 Å². The summed E-state index contributed by atoms with van der Waals surface area (Å²) in [6.07, 6.45) is 1.60. The van der Waals surface area contributed by atoms with E-state index in [1.807, 2.05) is 0 Å². The van der Waals surface area contributed by atoms with Gasteiger partial charge in [-0.1, -0.05) is 18.2 Å². The van der Waals surface area contributed by atoms with Crippen LogP contribution in [0.3, 0.4) is 0 Å². The topological polar surface area (TPSA) is 93.0 Å². The van der Waals surface area contributed by atoms with E-state index in [9.17, 15) is 19.7 Å². The van der Waals surface area contributed by atoms with E-state index >= 15 is 0 Å². The Bertz CT molecular complexity index is 997. The highest BCUT2D eigenvalue weighted by atomic mass is 16.6. The smallest absolute Gasteiger partial charge is 0.297 e. The van der Waals surface area contributed by atoms with Crippen LogP contribution in [0.15, 0.2) is 48.7 Å². The van der Waals surface area contributed by atoms with Crippen molar-refractivity contribution in [3.05, 3.63) is 69.9 Å². The summed E-state index contributed by atoms with van der Waals surface area (Å²) in [5, 5.41) is 11.6. The molecule has 3 rings (SSSR count). The number of nitrogens with zero attached hydrogens (tertiary/aromatic N) is 3. The molecule has 1 aliphatic rings. The van der Waals surface area contributed by atoms with Crippen molar-refractivity contribution in [1.29, 1.82) is 0 Å². The molecule has 0 fully saturated rings. The number of fused-ring (bicyclic) bond motifs is 1. The molecule has 0 N–H and O–H groups in total. The Labute approximate surface area is 161 Å². The van der Waals surface area contributed by atoms with Crippen molar-refractivity contribution in [2.24, 2.45) is 0 Å². The molecule has 1 heterocycles. The van der Waals surface area contributed by atoms with Gasteiger partial charge in [0.15, 0.2) is 0 Å². The van der Waals surface area contributed by atoms with Gasteiger partial charge in [0.25, 0.3) is 17.5 Å². The molecule has 0 bridgehead atoms. The number of hydrogen-bond acceptors (Lipinski definition) is 6. The fourth-order valence-electron chi connectivity index (χ4n) is 3.05. The normalized spacial score (nSPS) is 14.8. The zero-order valence-electron chi connectivity index (χ0n) is 15.7. The first-order valence-corrected chi connectivity index (χ1v) is 8.62. The maximum atomic E-state index is 13.2. The summed E-state index contributed by atoms with van der Waals surface area (Å²) in [6.45, 7) is 2.09. The lowest BCUT2D eigenvalue weighted by Gasteiger charge is -2.29. The standard InChI is InChI=1S/C20H19N3O5/c1-4-28-13-9-10-17(18(11-13)23(26)27)22-19(24)15-8-6-5-7-14(15)16(20(22)25)12-21(2)3/h5-12H,4H2,1-3H3. The first-order valence-electron chi connectivity index (χ1n) is 8.62. The first-order chi connectivity index (χ1) is 13.3. The number of carbonyl (C=O) groups excluding carboxylic acids is 2. The highest BCUT2D eigenvalue weighted by Crippen LogP contribution is 2.38. The van der Waals surface area contributed by atoms with E-state index in [1.54, 1.807) is 56.4 Å². The first kappa shape index (κ1) is 19.1. The van der Waals surface area contributed by atoms with E-state index in [4.69, 9.17) is 4.74 Å². The molecule has 2 aromatic rings. The number of rotatable bonds is 5. The van der Waals surface area contributed by atoms with Crippen LogP contribution in [0.25, 0.3) is 5.57 Å². The summed E-state index contributed by atoms with van der Waals surface area (Å²) < 4.78 is 5.31. The lowest BCUT2D eigenvalue weighted by Crippen LogP contribution is -2.42. The molecule has 0 saturated carbocycles. The van der Waals surface area contributed by atoms with Crippen LogP contribution in [0, 0.1) is 10.1 Å². The summed E-state index contributed by atoms with van der Waals surface area (Å²) in [6, 6.07) is 10.8. The molecule has 0 unspecified atom stereocenters. The lowest BCUT2D eigenvalue weighted by molar-refractivity contribution is -0.384. The van der Waals surface area contributed by atoms with E-state index in [2.05, 4.69) is 0 Å². The molecule has 8 nitrogen and oxygen atoms in total. The van der Waals surface area contributed by atoms with Gasteiger partial charge in [-0.2, -0.15) is 0 Å². The van der Waals surface area contributed by atoms with Gasteiger partial charge in [0.1, 0.15) is 11.4 Å². The van der Waals surface area contributed by atoms with Gasteiger partial charge in [-0.05, 0) is 25.1 Å². The number of amides is 2. The number of imide groups is 1. The summed E-state index contributed by atoms with van der Waals surface area (Å²) in [5.74, 6) is -0.937. The Hall–Kier alpha value is -3.68. The van der Waals surface area contributed by atoms with Gasteiger partial charge in [0.05, 0.1) is 23.2 Å². The lowest BCUT2D eigenvalue weighted by atomic mass is 9.93. The maximum absolute atomic E-state index is 13.2. The van der Waals surface area contributed by atoms with Crippen LogP contribution in [0.1, 0.15) is 22.8 Å². The largest absolute Gasteiger partial charge is 0.494 e. The fourth-order valence-corrected chi connectivity index (χ4v) is 3.05. The second kappa shape index (κ2) is 7.51. The number of nitro groups is 1. The van der Waals surface area contributed by atoms with Crippen LogP contribution in [-0.2, 0) is 4.79 Å². The number of anilines is 1. The second-order valence-corrected chi connectivity index (χ2v) is 6.34. The Morgan fingerprint density at radius 2 is 1.79 bits per heavy atom. The number of hydrogen-bond donors (Lipinski definition) is 0. The zero-order valence-corrected chi connectivity index (χ0v) is 15.7. The monoisotopic (exact) mass is 381 g/mol. The third-order valence-electron chi connectivity index (χ3n) is 4.17. The highest BCUT2D eigenvalue weighted by Gasteiger charge is 2.39. The molecule has 8 heteroatoms. The number of carbonyl (C=O) groups is 2. The average molecular weight is 381 g/mol. The molecule has 144 valence electrons. The number of ether oxygens (including phenoxy) is 1. The Balaban J connectivity index is 2.21. The van der Waals surface area contributed by atoms with E-state index < -0.39 is 16.7 Å². The minimum atomic E-state index is -0.631. The molecule has 2 aromatic carbocycles. The zero-order chi connectivity index (χ0) is 20.4. The Morgan fingerprint density at radius 1 is 1.11 bits per heavy atom. The molecule has 28 heavy (non-hydrogen) atoms. The van der Waals surface area contributed by atoms with Crippen LogP contribution in [0.2, 0.25) is 0 Å². The van der Waals surface area contributed by atoms with Gasteiger partial charge in [0, 0.05) is 31.4 Å². The molecule has 0 saturated heterocycles. The van der Waals surface area contributed by atoms with E-state index in [-0.39, 0.29) is 16.9 Å². The van der Waals surface area contributed by atoms with Gasteiger partial charge >= 0.3 is 0 Å². The molecular weight excluding hydrogens is 362 g/mol. The summed E-state index contributed by atoms with van der Waals surface area (Å²) in [4.78, 5) is 39.8. The van der Waals surface area contributed by atoms with Crippen molar-refractivity contribution in [2.75, 3.05) is 25.6 Å². The third-order valence-corrected chi connectivity index (χ3v) is 4.17. The van der Waals surface area contributed by atoms with Crippen LogP contribution in [0.5, 0.6) is 5.75 Å². The van der Waals surface area contributed by atoms with Gasteiger partial charge in [0.2, 0.25) is 0 Å². The van der Waals surface area contributed by atoms with Gasteiger partial charge in [-0.25, -0.2) is 4.90 Å². The molecule has 0 spiro atoms. The fraction of sp³-hybridized carbons (Fsp3) is 0.200. The van der Waals surface area contributed by atoms with Crippen LogP contribution in [-0.4, -0.2) is 42.3 Å². The molecule has 0 aliphatic carbocycles. The SMILES string of the molecule is CCOc1ccc(N2C(=O)C(=CN(C)C)c3ccccc3C2=O)c([N+](=O)[O-])c1. The number of benzene rings is 2. The van der Waals surface area contributed by atoms with Crippen molar-refractivity contribution in [3.63, 3.8) is 0 Å². The molecule has 0 aromatic heterocycles.